The summed E-state index contributed by atoms with van der Waals surface area (Å²) in [5, 5.41) is 6.15. The quantitative estimate of drug-likeness (QED) is 0.428. The van der Waals surface area contributed by atoms with Crippen LogP contribution < -0.4 is 16.4 Å². The minimum Gasteiger partial charge on any atom is -0.368 e. The zero-order valence-electron chi connectivity index (χ0n) is 20.5. The molecule has 1 saturated heterocycles. The van der Waals surface area contributed by atoms with Crippen LogP contribution in [0.4, 0.5) is 17.5 Å². The maximum atomic E-state index is 12.9. The molecule has 3 aromatic heterocycles. The van der Waals surface area contributed by atoms with Crippen LogP contribution >= 0.6 is 0 Å². The molecule has 12 heteroatoms. The number of nitrogens with one attached hydrogen (secondary N) is 2. The number of aromatic nitrogens is 5. The van der Waals surface area contributed by atoms with Gasteiger partial charge >= 0.3 is 0 Å². The lowest BCUT2D eigenvalue weighted by Gasteiger charge is -2.33. The van der Waals surface area contributed by atoms with Crippen molar-refractivity contribution in [2.45, 2.75) is 38.6 Å². The Hall–Kier alpha value is -3.80. The number of pyridine rings is 1. The van der Waals surface area contributed by atoms with Crippen molar-refractivity contribution in [1.82, 2.24) is 34.3 Å². The number of primary amides is 1. The fourth-order valence-corrected chi connectivity index (χ4v) is 4.86. The standard InChI is InChI=1S/C24H32N10O2/c1-2-32-9-11-33(12-10-32)23(36)18-8-7-16(13-26-18)29-21-20-22(31-24(30-21)27-14-19(25)35)34(15-28-20)17-5-3-4-6-17/h7-8,13,15,17H,2-6,9-12,14H2,1H3,(H2,25,35)(H2,27,29,30,31). The number of anilines is 3. The van der Waals surface area contributed by atoms with Crippen LogP contribution in [0, 0.1) is 0 Å². The predicted molar refractivity (Wildman–Crippen MR) is 136 cm³/mol. The van der Waals surface area contributed by atoms with Gasteiger partial charge in [-0.1, -0.05) is 19.8 Å². The molecule has 1 aliphatic carbocycles. The number of piperazine rings is 1. The topological polar surface area (TPSA) is 147 Å². The highest BCUT2D eigenvalue weighted by Crippen LogP contribution is 2.33. The van der Waals surface area contributed by atoms with Gasteiger partial charge in [0.2, 0.25) is 11.9 Å². The van der Waals surface area contributed by atoms with Gasteiger partial charge in [-0.3, -0.25) is 9.59 Å². The zero-order valence-corrected chi connectivity index (χ0v) is 20.5. The van der Waals surface area contributed by atoms with E-state index in [1.807, 2.05) is 4.90 Å². The van der Waals surface area contributed by atoms with Gasteiger partial charge in [0.15, 0.2) is 17.0 Å². The third kappa shape index (κ3) is 5.08. The molecule has 5 rings (SSSR count). The van der Waals surface area contributed by atoms with Crippen molar-refractivity contribution in [3.8, 4) is 0 Å². The predicted octanol–water partition coefficient (Wildman–Crippen LogP) is 1.75. The lowest BCUT2D eigenvalue weighted by atomic mass is 10.2. The first-order chi connectivity index (χ1) is 17.5. The average molecular weight is 493 g/mol. The fourth-order valence-electron chi connectivity index (χ4n) is 4.86. The minimum absolute atomic E-state index is 0.0602. The normalized spacial score (nSPS) is 17.0. The number of carbonyl (C=O) groups is 2. The Morgan fingerprint density at radius 3 is 2.53 bits per heavy atom. The third-order valence-corrected chi connectivity index (χ3v) is 6.91. The van der Waals surface area contributed by atoms with E-state index in [0.29, 0.717) is 47.5 Å². The van der Waals surface area contributed by atoms with E-state index in [-0.39, 0.29) is 18.4 Å². The summed E-state index contributed by atoms with van der Waals surface area (Å²) in [6.07, 6.45) is 7.94. The molecule has 4 N–H and O–H groups in total. The van der Waals surface area contributed by atoms with E-state index in [9.17, 15) is 9.59 Å². The van der Waals surface area contributed by atoms with Crippen LogP contribution in [0.1, 0.15) is 49.1 Å². The van der Waals surface area contributed by atoms with E-state index in [2.05, 4.69) is 47.0 Å². The molecule has 3 aromatic rings. The molecule has 2 amide bonds. The first-order valence-corrected chi connectivity index (χ1v) is 12.5. The lowest BCUT2D eigenvalue weighted by molar-refractivity contribution is -0.116. The summed E-state index contributed by atoms with van der Waals surface area (Å²) in [6.45, 7) is 6.22. The molecule has 36 heavy (non-hydrogen) atoms. The fraction of sp³-hybridized carbons (Fsp3) is 0.500. The maximum absolute atomic E-state index is 12.9. The summed E-state index contributed by atoms with van der Waals surface area (Å²) in [6, 6.07) is 3.87. The monoisotopic (exact) mass is 492 g/mol. The van der Waals surface area contributed by atoms with Gasteiger partial charge in [-0.2, -0.15) is 9.97 Å². The number of carbonyl (C=O) groups excluding carboxylic acids is 2. The molecule has 2 aliphatic rings. The molecule has 12 nitrogen and oxygen atoms in total. The number of likely N-dealkylation sites (N-methyl/N-ethyl adjacent to an activating group) is 1. The Kier molecular flexibility index (Phi) is 6.94. The van der Waals surface area contributed by atoms with Crippen molar-refractivity contribution in [2.24, 2.45) is 5.73 Å². The van der Waals surface area contributed by atoms with E-state index in [1.54, 1.807) is 24.7 Å². The largest absolute Gasteiger partial charge is 0.368 e. The maximum Gasteiger partial charge on any atom is 0.272 e. The van der Waals surface area contributed by atoms with Crippen molar-refractivity contribution in [2.75, 3.05) is 49.9 Å². The molecular formula is C24H32N10O2. The van der Waals surface area contributed by atoms with Crippen LogP contribution in [-0.2, 0) is 4.79 Å². The molecule has 1 aliphatic heterocycles. The van der Waals surface area contributed by atoms with Gasteiger partial charge in [0, 0.05) is 32.2 Å². The smallest absolute Gasteiger partial charge is 0.272 e. The SMILES string of the molecule is CCN1CCN(C(=O)c2ccc(Nc3nc(NCC(N)=O)nc4c3ncn4C3CCCC3)cn2)CC1. The van der Waals surface area contributed by atoms with Crippen LogP contribution in [0.3, 0.4) is 0 Å². The van der Waals surface area contributed by atoms with Crippen LogP contribution in [0.2, 0.25) is 0 Å². The number of hydrogen-bond acceptors (Lipinski definition) is 9. The summed E-state index contributed by atoms with van der Waals surface area (Å²) in [5.41, 5.74) is 7.69. The molecule has 1 saturated carbocycles. The molecule has 2 fully saturated rings. The van der Waals surface area contributed by atoms with Gasteiger partial charge in [-0.05, 0) is 31.5 Å². The van der Waals surface area contributed by atoms with Crippen molar-refractivity contribution >= 4 is 40.4 Å². The van der Waals surface area contributed by atoms with Gasteiger partial charge in [-0.25, -0.2) is 9.97 Å². The molecule has 0 bridgehead atoms. The molecule has 4 heterocycles. The van der Waals surface area contributed by atoms with Gasteiger partial charge in [0.25, 0.3) is 5.91 Å². The highest BCUT2D eigenvalue weighted by Gasteiger charge is 2.24. The summed E-state index contributed by atoms with van der Waals surface area (Å²) in [5.74, 6) is 0.211. The first-order valence-electron chi connectivity index (χ1n) is 12.5. The van der Waals surface area contributed by atoms with Crippen LogP contribution in [0.5, 0.6) is 0 Å². The minimum atomic E-state index is -0.502. The Morgan fingerprint density at radius 1 is 1.08 bits per heavy atom. The summed E-state index contributed by atoms with van der Waals surface area (Å²) in [7, 11) is 0. The average Bonchev–Trinajstić information content (AvgIpc) is 3.58. The Balaban J connectivity index is 1.37. The van der Waals surface area contributed by atoms with Crippen LogP contribution in [-0.4, -0.2) is 85.4 Å². The molecular weight excluding hydrogens is 460 g/mol. The number of imidazole rings is 1. The number of rotatable bonds is 8. The van der Waals surface area contributed by atoms with Crippen molar-refractivity contribution in [3.05, 3.63) is 30.4 Å². The number of amides is 2. The first kappa shape index (κ1) is 23.9. The van der Waals surface area contributed by atoms with Gasteiger partial charge in [0.1, 0.15) is 5.69 Å². The Morgan fingerprint density at radius 2 is 1.86 bits per heavy atom. The molecule has 0 unspecified atom stereocenters. The zero-order chi connectivity index (χ0) is 25.1. The number of nitrogens with zero attached hydrogens (tertiary/aromatic N) is 7. The second kappa shape index (κ2) is 10.4. The van der Waals surface area contributed by atoms with E-state index < -0.39 is 5.91 Å². The molecule has 0 atom stereocenters. The van der Waals surface area contributed by atoms with Gasteiger partial charge in [-0.15, -0.1) is 0 Å². The highest BCUT2D eigenvalue weighted by molar-refractivity contribution is 5.93. The van der Waals surface area contributed by atoms with E-state index in [0.717, 1.165) is 32.5 Å². The number of fused-ring (bicyclic) bond motifs is 1. The van der Waals surface area contributed by atoms with E-state index in [4.69, 9.17) is 5.73 Å². The molecule has 0 spiro atoms. The van der Waals surface area contributed by atoms with Crippen LogP contribution in [0.15, 0.2) is 24.7 Å². The van der Waals surface area contributed by atoms with Gasteiger partial charge in [0.05, 0.1) is 24.8 Å². The van der Waals surface area contributed by atoms with Crippen LogP contribution in [0.25, 0.3) is 11.2 Å². The second-order valence-corrected chi connectivity index (χ2v) is 9.26. The van der Waals surface area contributed by atoms with E-state index >= 15 is 0 Å². The Bertz CT molecular complexity index is 1230. The van der Waals surface area contributed by atoms with E-state index in [1.165, 1.54) is 12.8 Å². The second-order valence-electron chi connectivity index (χ2n) is 9.26. The number of nitrogens with two attached hydrogens (primary N) is 1. The lowest BCUT2D eigenvalue weighted by Crippen LogP contribution is -2.48. The summed E-state index contributed by atoms with van der Waals surface area (Å²) < 4.78 is 2.09. The summed E-state index contributed by atoms with van der Waals surface area (Å²) in [4.78, 5) is 46.5. The van der Waals surface area contributed by atoms with Crippen molar-refractivity contribution < 1.29 is 9.59 Å². The van der Waals surface area contributed by atoms with Gasteiger partial charge < -0.3 is 30.7 Å². The molecule has 0 radical (unpaired) electrons. The Labute approximate surface area is 209 Å². The van der Waals surface area contributed by atoms with Crippen molar-refractivity contribution in [3.63, 3.8) is 0 Å². The molecule has 0 aromatic carbocycles. The summed E-state index contributed by atoms with van der Waals surface area (Å²) >= 11 is 0. The molecule has 190 valence electrons. The third-order valence-electron chi connectivity index (χ3n) is 6.91. The highest BCUT2D eigenvalue weighted by atomic mass is 16.2. The van der Waals surface area contributed by atoms with Crippen molar-refractivity contribution in [1.29, 1.82) is 0 Å². The number of hydrogen-bond donors (Lipinski definition) is 3.